The van der Waals surface area contributed by atoms with Crippen LogP contribution in [0.4, 0.5) is 0 Å². The van der Waals surface area contributed by atoms with Crippen LogP contribution in [0.25, 0.3) is 22.3 Å². The summed E-state index contributed by atoms with van der Waals surface area (Å²) < 4.78 is 0. The highest BCUT2D eigenvalue weighted by molar-refractivity contribution is 5.78. The van der Waals surface area contributed by atoms with Gasteiger partial charge in [0.1, 0.15) is 0 Å². The van der Waals surface area contributed by atoms with Crippen LogP contribution in [0.15, 0.2) is 48.5 Å². The molecular weight excluding hydrogens is 232 g/mol. The highest BCUT2D eigenvalue weighted by Gasteiger charge is 2.13. The SMILES string of the molecule is CC(C)c1nc2ccccc2nc1-c1cc[c]cc1. The summed E-state index contributed by atoms with van der Waals surface area (Å²) in [6.45, 7) is 4.30. The molecule has 3 aromatic rings. The molecule has 2 aromatic carbocycles. The third kappa shape index (κ3) is 2.22. The predicted octanol–water partition coefficient (Wildman–Crippen LogP) is 4.22. The third-order valence-corrected chi connectivity index (χ3v) is 3.14. The lowest BCUT2D eigenvalue weighted by Crippen LogP contribution is -2.00. The van der Waals surface area contributed by atoms with E-state index < -0.39 is 0 Å². The summed E-state index contributed by atoms with van der Waals surface area (Å²) in [6.07, 6.45) is 0. The van der Waals surface area contributed by atoms with E-state index in [2.05, 4.69) is 19.9 Å². The molecule has 0 amide bonds. The molecule has 2 nitrogen and oxygen atoms in total. The Bertz CT molecular complexity index is 703. The molecule has 0 saturated carbocycles. The minimum absolute atomic E-state index is 0.344. The van der Waals surface area contributed by atoms with Crippen LogP contribution in [-0.2, 0) is 0 Å². The number of benzene rings is 2. The van der Waals surface area contributed by atoms with Gasteiger partial charge < -0.3 is 0 Å². The molecule has 0 aliphatic heterocycles. The van der Waals surface area contributed by atoms with Crippen molar-refractivity contribution in [2.45, 2.75) is 19.8 Å². The maximum absolute atomic E-state index is 4.79. The number of aromatic nitrogens is 2. The Kier molecular flexibility index (Phi) is 3.00. The number of hydrogen-bond donors (Lipinski definition) is 0. The molecule has 3 rings (SSSR count). The topological polar surface area (TPSA) is 25.8 Å². The molecule has 19 heavy (non-hydrogen) atoms. The molecule has 1 radical (unpaired) electrons. The first-order chi connectivity index (χ1) is 9.25. The van der Waals surface area contributed by atoms with Crippen LogP contribution in [0.5, 0.6) is 0 Å². The van der Waals surface area contributed by atoms with Gasteiger partial charge in [0.05, 0.1) is 22.4 Å². The van der Waals surface area contributed by atoms with E-state index in [9.17, 15) is 0 Å². The second kappa shape index (κ2) is 4.81. The fourth-order valence-corrected chi connectivity index (χ4v) is 2.17. The van der Waals surface area contributed by atoms with Crippen molar-refractivity contribution in [3.63, 3.8) is 0 Å². The van der Waals surface area contributed by atoms with Crippen molar-refractivity contribution in [1.82, 2.24) is 9.97 Å². The van der Waals surface area contributed by atoms with Crippen LogP contribution in [0.3, 0.4) is 0 Å². The van der Waals surface area contributed by atoms with Crippen molar-refractivity contribution in [3.05, 3.63) is 60.3 Å². The monoisotopic (exact) mass is 247 g/mol. The molecule has 0 fully saturated rings. The molecule has 93 valence electrons. The van der Waals surface area contributed by atoms with E-state index >= 15 is 0 Å². The molecule has 0 saturated heterocycles. The van der Waals surface area contributed by atoms with Crippen molar-refractivity contribution in [2.24, 2.45) is 0 Å². The number of fused-ring (bicyclic) bond motifs is 1. The van der Waals surface area contributed by atoms with Gasteiger partial charge in [-0.15, -0.1) is 0 Å². The van der Waals surface area contributed by atoms with E-state index in [1.165, 1.54) is 0 Å². The Balaban J connectivity index is 2.30. The number of nitrogens with zero attached hydrogens (tertiary/aromatic N) is 2. The molecule has 0 aliphatic rings. The lowest BCUT2D eigenvalue weighted by atomic mass is 10.0. The molecule has 0 atom stereocenters. The molecule has 0 bridgehead atoms. The fourth-order valence-electron chi connectivity index (χ4n) is 2.17. The van der Waals surface area contributed by atoms with Crippen LogP contribution in [0.2, 0.25) is 0 Å². The summed E-state index contributed by atoms with van der Waals surface area (Å²) in [4.78, 5) is 9.57. The van der Waals surface area contributed by atoms with Crippen LogP contribution < -0.4 is 0 Å². The van der Waals surface area contributed by atoms with E-state index in [0.29, 0.717) is 5.92 Å². The van der Waals surface area contributed by atoms with Crippen LogP contribution in [-0.4, -0.2) is 9.97 Å². The molecule has 0 unspecified atom stereocenters. The summed E-state index contributed by atoms with van der Waals surface area (Å²) in [7, 11) is 0. The quantitative estimate of drug-likeness (QED) is 0.677. The smallest absolute Gasteiger partial charge is 0.0927 e. The zero-order chi connectivity index (χ0) is 13.2. The van der Waals surface area contributed by atoms with Gasteiger partial charge in [-0.25, -0.2) is 9.97 Å². The normalized spacial score (nSPS) is 11.1. The van der Waals surface area contributed by atoms with Gasteiger partial charge >= 0.3 is 0 Å². The third-order valence-electron chi connectivity index (χ3n) is 3.14. The molecular formula is C17H15N2. The molecule has 1 heterocycles. The van der Waals surface area contributed by atoms with E-state index in [1.807, 2.05) is 48.5 Å². The van der Waals surface area contributed by atoms with Crippen molar-refractivity contribution >= 4 is 11.0 Å². The van der Waals surface area contributed by atoms with Gasteiger partial charge in [0.15, 0.2) is 0 Å². The van der Waals surface area contributed by atoms with E-state index in [-0.39, 0.29) is 0 Å². The first-order valence-corrected chi connectivity index (χ1v) is 6.49. The van der Waals surface area contributed by atoms with Crippen LogP contribution in [0, 0.1) is 6.07 Å². The largest absolute Gasteiger partial charge is 0.249 e. The van der Waals surface area contributed by atoms with Gasteiger partial charge in [0.2, 0.25) is 0 Å². The molecule has 1 aromatic heterocycles. The number of para-hydroxylation sites is 2. The van der Waals surface area contributed by atoms with Crippen molar-refractivity contribution in [2.75, 3.05) is 0 Å². The summed E-state index contributed by atoms with van der Waals surface area (Å²) in [5.41, 5.74) is 5.01. The predicted molar refractivity (Wildman–Crippen MR) is 77.9 cm³/mol. The molecule has 0 N–H and O–H groups in total. The van der Waals surface area contributed by atoms with E-state index in [4.69, 9.17) is 9.97 Å². The highest BCUT2D eigenvalue weighted by atomic mass is 14.8. The summed E-state index contributed by atoms with van der Waals surface area (Å²) in [5, 5.41) is 0. The highest BCUT2D eigenvalue weighted by Crippen LogP contribution is 2.27. The maximum atomic E-state index is 4.79. The second-order valence-corrected chi connectivity index (χ2v) is 4.89. The minimum Gasteiger partial charge on any atom is -0.249 e. The average molecular weight is 247 g/mol. The fraction of sp³-hybridized carbons (Fsp3) is 0.176. The molecule has 0 spiro atoms. The first kappa shape index (κ1) is 11.8. The zero-order valence-electron chi connectivity index (χ0n) is 11.1. The molecule has 0 aliphatic carbocycles. The minimum atomic E-state index is 0.344. The average Bonchev–Trinajstić information content (AvgIpc) is 2.46. The van der Waals surface area contributed by atoms with Gasteiger partial charge in [-0.3, -0.25) is 0 Å². The summed E-state index contributed by atoms with van der Waals surface area (Å²) >= 11 is 0. The lowest BCUT2D eigenvalue weighted by molar-refractivity contribution is 0.825. The van der Waals surface area contributed by atoms with Gasteiger partial charge in [-0.1, -0.05) is 50.2 Å². The van der Waals surface area contributed by atoms with Gasteiger partial charge in [0.25, 0.3) is 0 Å². The Morgan fingerprint density at radius 1 is 0.895 bits per heavy atom. The van der Waals surface area contributed by atoms with Gasteiger partial charge in [0, 0.05) is 5.56 Å². The van der Waals surface area contributed by atoms with Gasteiger partial charge in [-0.05, 0) is 24.1 Å². The van der Waals surface area contributed by atoms with Crippen molar-refractivity contribution in [3.8, 4) is 11.3 Å². The van der Waals surface area contributed by atoms with Crippen LogP contribution >= 0.6 is 0 Å². The molecule has 2 heteroatoms. The van der Waals surface area contributed by atoms with Crippen molar-refractivity contribution in [1.29, 1.82) is 0 Å². The van der Waals surface area contributed by atoms with E-state index in [0.717, 1.165) is 28.0 Å². The summed E-state index contributed by atoms with van der Waals surface area (Å²) in [6, 6.07) is 18.9. The number of hydrogen-bond acceptors (Lipinski definition) is 2. The zero-order valence-corrected chi connectivity index (χ0v) is 11.1. The Labute approximate surface area is 113 Å². The van der Waals surface area contributed by atoms with Gasteiger partial charge in [-0.2, -0.15) is 0 Å². The second-order valence-electron chi connectivity index (χ2n) is 4.89. The van der Waals surface area contributed by atoms with Crippen molar-refractivity contribution < 1.29 is 0 Å². The Morgan fingerprint density at radius 3 is 2.16 bits per heavy atom. The number of rotatable bonds is 2. The van der Waals surface area contributed by atoms with E-state index in [1.54, 1.807) is 0 Å². The summed E-state index contributed by atoms with van der Waals surface area (Å²) in [5.74, 6) is 0.344. The maximum Gasteiger partial charge on any atom is 0.0927 e. The Morgan fingerprint density at radius 2 is 1.53 bits per heavy atom. The first-order valence-electron chi connectivity index (χ1n) is 6.49. The van der Waals surface area contributed by atoms with Crippen LogP contribution in [0.1, 0.15) is 25.5 Å². The lowest BCUT2D eigenvalue weighted by Gasteiger charge is -2.12. The standard InChI is InChI=1S/C17H15N2/c1-12(2)16-17(13-8-4-3-5-9-13)19-15-11-7-6-10-14(15)18-16/h4-12H,1-2H3. The Hall–Kier alpha value is -2.22.